The average Bonchev–Trinajstić information content (AvgIpc) is 2.89. The summed E-state index contributed by atoms with van der Waals surface area (Å²) < 4.78 is 7.14. The largest absolute Gasteiger partial charge is 0.435 e. The maximum atomic E-state index is 13.2. The molecule has 2 aliphatic heterocycles. The van der Waals surface area contributed by atoms with E-state index in [1.165, 1.54) is 11.8 Å². The van der Waals surface area contributed by atoms with Crippen LogP contribution in [0.2, 0.25) is 0 Å². The Morgan fingerprint density at radius 2 is 2.07 bits per heavy atom. The summed E-state index contributed by atoms with van der Waals surface area (Å²) in [7, 11) is 0. The summed E-state index contributed by atoms with van der Waals surface area (Å²) in [6.07, 6.45) is 1.76. The van der Waals surface area contributed by atoms with Crippen LogP contribution in [0.3, 0.4) is 0 Å². The van der Waals surface area contributed by atoms with Crippen molar-refractivity contribution < 1.29 is 9.53 Å². The maximum absolute atomic E-state index is 13.2. The number of nitrogens with zero attached hydrogens (tertiary/aromatic N) is 3. The molecular formula is C20H14BrN5O2S. The Kier molecular flexibility index (Phi) is 4.29. The minimum atomic E-state index is -1.48. The summed E-state index contributed by atoms with van der Waals surface area (Å²) in [4.78, 5) is 17.7. The van der Waals surface area contributed by atoms with E-state index in [0.29, 0.717) is 33.5 Å². The fourth-order valence-corrected chi connectivity index (χ4v) is 4.24. The van der Waals surface area contributed by atoms with Gasteiger partial charge >= 0.3 is 0 Å². The van der Waals surface area contributed by atoms with E-state index in [1.54, 1.807) is 6.08 Å². The number of carbonyl (C=O) groups excluding carboxylic acids is 1. The monoisotopic (exact) mass is 467 g/mol. The van der Waals surface area contributed by atoms with Gasteiger partial charge in [-0.3, -0.25) is 4.79 Å². The van der Waals surface area contributed by atoms with E-state index in [2.05, 4.69) is 48.3 Å². The number of amides is 1. The van der Waals surface area contributed by atoms with Crippen LogP contribution in [0.5, 0.6) is 5.88 Å². The number of thioether (sulfide) groups is 1. The van der Waals surface area contributed by atoms with Gasteiger partial charge in [0.2, 0.25) is 11.0 Å². The van der Waals surface area contributed by atoms with Crippen LogP contribution >= 0.6 is 27.7 Å². The minimum Gasteiger partial charge on any atom is -0.435 e. The van der Waals surface area contributed by atoms with Crippen LogP contribution in [0.15, 0.2) is 64.7 Å². The predicted molar refractivity (Wildman–Crippen MR) is 115 cm³/mol. The van der Waals surface area contributed by atoms with Gasteiger partial charge in [0, 0.05) is 21.5 Å². The number of halogens is 1. The SMILES string of the molecule is C=CCSc1nnc2c(n1)O[C@@]1(Nc3ccccc3-2)C(=O)Nc2ccc(Br)cc21. The molecule has 1 spiro atoms. The molecule has 3 heterocycles. The lowest BCUT2D eigenvalue weighted by atomic mass is 10.0. The lowest BCUT2D eigenvalue weighted by molar-refractivity contribution is -0.128. The normalized spacial score (nSPS) is 18.6. The van der Waals surface area contributed by atoms with Crippen molar-refractivity contribution >= 4 is 45.0 Å². The zero-order chi connectivity index (χ0) is 20.0. The van der Waals surface area contributed by atoms with Gasteiger partial charge in [0.15, 0.2) is 5.69 Å². The first kappa shape index (κ1) is 18.1. The van der Waals surface area contributed by atoms with Gasteiger partial charge in [-0.15, -0.1) is 16.8 Å². The number of para-hydroxylation sites is 1. The molecule has 0 fully saturated rings. The highest BCUT2D eigenvalue weighted by Gasteiger charge is 2.52. The van der Waals surface area contributed by atoms with Crippen LogP contribution in [0, 0.1) is 0 Å². The van der Waals surface area contributed by atoms with Crippen LogP contribution in [0.1, 0.15) is 5.56 Å². The van der Waals surface area contributed by atoms with Crippen molar-refractivity contribution in [1.29, 1.82) is 0 Å². The second-order valence-electron chi connectivity index (χ2n) is 6.45. The van der Waals surface area contributed by atoms with Crippen molar-refractivity contribution in [2.24, 2.45) is 0 Å². The lowest BCUT2D eigenvalue weighted by Crippen LogP contribution is -2.47. The highest BCUT2D eigenvalue weighted by Crippen LogP contribution is 2.47. The third-order valence-electron chi connectivity index (χ3n) is 4.64. The van der Waals surface area contributed by atoms with E-state index in [-0.39, 0.29) is 11.8 Å². The fourth-order valence-electron chi connectivity index (χ4n) is 3.37. The summed E-state index contributed by atoms with van der Waals surface area (Å²) in [6.45, 7) is 3.71. The van der Waals surface area contributed by atoms with Crippen molar-refractivity contribution in [3.05, 3.63) is 65.2 Å². The zero-order valence-corrected chi connectivity index (χ0v) is 17.4. The molecule has 0 unspecified atom stereocenters. The topological polar surface area (TPSA) is 89.0 Å². The highest BCUT2D eigenvalue weighted by atomic mass is 79.9. The number of aromatic nitrogens is 3. The molecule has 0 saturated heterocycles. The molecule has 2 aliphatic rings. The average molecular weight is 468 g/mol. The van der Waals surface area contributed by atoms with Crippen molar-refractivity contribution in [2.75, 3.05) is 16.4 Å². The molecule has 3 aromatic rings. The molecular weight excluding hydrogens is 454 g/mol. The Morgan fingerprint density at radius 1 is 1.21 bits per heavy atom. The molecule has 1 atom stereocenters. The molecule has 9 heteroatoms. The van der Waals surface area contributed by atoms with Crippen molar-refractivity contribution in [3.63, 3.8) is 0 Å². The number of nitrogens with one attached hydrogen (secondary N) is 2. The van der Waals surface area contributed by atoms with Gasteiger partial charge in [-0.05, 0) is 24.3 Å². The predicted octanol–water partition coefficient (Wildman–Crippen LogP) is 4.19. The van der Waals surface area contributed by atoms with E-state index in [4.69, 9.17) is 4.74 Å². The third-order valence-corrected chi connectivity index (χ3v) is 5.96. The first-order valence-electron chi connectivity index (χ1n) is 8.77. The zero-order valence-electron chi connectivity index (χ0n) is 15.0. The second kappa shape index (κ2) is 6.85. The molecule has 0 bridgehead atoms. The van der Waals surface area contributed by atoms with Crippen LogP contribution in [-0.4, -0.2) is 26.8 Å². The first-order chi connectivity index (χ1) is 14.1. The highest BCUT2D eigenvalue weighted by molar-refractivity contribution is 9.10. The van der Waals surface area contributed by atoms with Gasteiger partial charge in [-0.1, -0.05) is 52.0 Å². The molecule has 5 rings (SSSR count). The van der Waals surface area contributed by atoms with Crippen LogP contribution in [0.4, 0.5) is 11.4 Å². The van der Waals surface area contributed by atoms with E-state index < -0.39 is 5.72 Å². The van der Waals surface area contributed by atoms with Crippen LogP contribution in [-0.2, 0) is 10.5 Å². The van der Waals surface area contributed by atoms with Crippen molar-refractivity contribution in [2.45, 2.75) is 10.9 Å². The van der Waals surface area contributed by atoms with Gasteiger partial charge in [-0.25, -0.2) is 0 Å². The van der Waals surface area contributed by atoms with E-state index in [0.717, 1.165) is 10.0 Å². The quantitative estimate of drug-likeness (QED) is 0.440. The number of fused-ring (bicyclic) bond motifs is 5. The van der Waals surface area contributed by atoms with Gasteiger partial charge in [-0.2, -0.15) is 4.98 Å². The van der Waals surface area contributed by atoms with Crippen LogP contribution in [0.25, 0.3) is 11.3 Å². The van der Waals surface area contributed by atoms with E-state index in [9.17, 15) is 4.79 Å². The number of hydrogen-bond acceptors (Lipinski definition) is 7. The number of hydrogen-bond donors (Lipinski definition) is 2. The molecule has 2 N–H and O–H groups in total. The molecule has 7 nitrogen and oxygen atoms in total. The Morgan fingerprint density at radius 3 is 2.93 bits per heavy atom. The molecule has 29 heavy (non-hydrogen) atoms. The van der Waals surface area contributed by atoms with E-state index >= 15 is 0 Å². The molecule has 1 amide bonds. The van der Waals surface area contributed by atoms with Gasteiger partial charge in [0.05, 0.1) is 11.3 Å². The Balaban J connectivity index is 1.73. The number of ether oxygens (including phenoxy) is 1. The first-order valence-corrected chi connectivity index (χ1v) is 10.5. The molecule has 0 radical (unpaired) electrons. The van der Waals surface area contributed by atoms with Crippen molar-refractivity contribution in [3.8, 4) is 17.1 Å². The number of rotatable bonds is 3. The summed E-state index contributed by atoms with van der Waals surface area (Å²) >= 11 is 4.87. The Hall–Kier alpha value is -2.91. The standard InChI is InChI=1S/C20H14BrN5O2S/c1-2-9-29-19-23-17-16(25-26-19)12-5-3-4-6-14(12)24-20(28-17)13-10-11(21)7-8-15(13)22-18(20)27/h2-8,10,24H,1,9H2,(H,22,27)/t20-/m1/s1. The smallest absolute Gasteiger partial charge is 0.295 e. The molecule has 2 aromatic carbocycles. The number of anilines is 2. The van der Waals surface area contributed by atoms with Gasteiger partial charge < -0.3 is 15.4 Å². The Labute approximate surface area is 179 Å². The fraction of sp³-hybridized carbons (Fsp3) is 0.100. The molecule has 0 aliphatic carbocycles. The van der Waals surface area contributed by atoms with E-state index in [1.807, 2.05) is 42.5 Å². The molecule has 0 saturated carbocycles. The molecule has 1 aromatic heterocycles. The minimum absolute atomic E-state index is 0.243. The second-order valence-corrected chi connectivity index (χ2v) is 8.35. The summed E-state index contributed by atoms with van der Waals surface area (Å²) in [5, 5.41) is 15.2. The maximum Gasteiger partial charge on any atom is 0.295 e. The van der Waals surface area contributed by atoms with Crippen molar-refractivity contribution in [1.82, 2.24) is 15.2 Å². The number of benzene rings is 2. The molecule has 144 valence electrons. The summed E-state index contributed by atoms with van der Waals surface area (Å²) in [5.41, 5.74) is 1.81. The number of carbonyl (C=O) groups is 1. The summed E-state index contributed by atoms with van der Waals surface area (Å²) in [5.74, 6) is 0.552. The van der Waals surface area contributed by atoms with Crippen LogP contribution < -0.4 is 15.4 Å². The lowest BCUT2D eigenvalue weighted by Gasteiger charge is -2.28. The van der Waals surface area contributed by atoms with Gasteiger partial charge in [0.1, 0.15) is 0 Å². The Bertz CT molecular complexity index is 1170. The summed E-state index contributed by atoms with van der Waals surface area (Å²) in [6, 6.07) is 13.1. The van der Waals surface area contributed by atoms with Gasteiger partial charge in [0.25, 0.3) is 11.6 Å². The third kappa shape index (κ3) is 2.89.